The maximum Gasteiger partial charge on any atom is 0.273 e. The topological polar surface area (TPSA) is 141 Å². The van der Waals surface area contributed by atoms with Crippen LogP contribution in [0.4, 0.5) is 15.8 Å². The van der Waals surface area contributed by atoms with Crippen molar-refractivity contribution in [3.8, 4) is 5.75 Å². The van der Waals surface area contributed by atoms with Gasteiger partial charge in [0.25, 0.3) is 11.8 Å². The van der Waals surface area contributed by atoms with E-state index in [1.807, 2.05) is 20.8 Å². The number of nitrogens with two attached hydrogens (primary N) is 2. The molecule has 0 aliphatic rings. The van der Waals surface area contributed by atoms with E-state index in [1.54, 1.807) is 24.3 Å². The first kappa shape index (κ1) is 27.6. The minimum absolute atomic E-state index is 0.0511. The number of nitrogens with zero attached hydrogens (tertiary/aromatic N) is 2. The van der Waals surface area contributed by atoms with Crippen molar-refractivity contribution in [1.82, 2.24) is 9.69 Å². The molecular weight excluding hydrogens is 497 g/mol. The van der Waals surface area contributed by atoms with Crippen LogP contribution in [0.3, 0.4) is 0 Å². The number of primary amides is 1. The zero-order valence-corrected chi connectivity index (χ0v) is 21.7. The smallest absolute Gasteiger partial charge is 0.273 e. The van der Waals surface area contributed by atoms with Crippen LogP contribution in [0.2, 0.25) is 0 Å². The molecule has 1 atom stereocenters. The summed E-state index contributed by atoms with van der Waals surface area (Å²) < 4.78 is 23.2. The lowest BCUT2D eigenvalue weighted by atomic mass is 10.0. The number of nitrogens with one attached hydrogen (secondary N) is 1. The fraction of sp³-hybridized carbons (Fsp3) is 0.308. The summed E-state index contributed by atoms with van der Waals surface area (Å²) in [7, 11) is 0. The predicted octanol–water partition coefficient (Wildman–Crippen LogP) is 3.91. The maximum atomic E-state index is 14.0. The molecule has 0 spiro atoms. The number of hydrogen-bond acceptors (Lipinski definition) is 7. The van der Waals surface area contributed by atoms with Gasteiger partial charge in [0, 0.05) is 12.2 Å². The number of amides is 3. The Morgan fingerprint density at radius 1 is 1.11 bits per heavy atom. The van der Waals surface area contributed by atoms with Gasteiger partial charge < -0.3 is 21.5 Å². The SMILES string of the molecule is CCOc1ccc(N(C(=O)c2snc(C(N)=O)c2N)[C@@H](C(=O)NCCC(C)C)c2ccc(F)cc2)cc1. The molecule has 3 rings (SSSR count). The Labute approximate surface area is 218 Å². The summed E-state index contributed by atoms with van der Waals surface area (Å²) in [6.45, 7) is 6.74. The molecule has 0 unspecified atom stereocenters. The molecule has 0 fully saturated rings. The first-order valence-electron chi connectivity index (χ1n) is 11.8. The summed E-state index contributed by atoms with van der Waals surface area (Å²) in [6.07, 6.45) is 0.725. The molecule has 0 saturated carbocycles. The third-order valence-corrected chi connectivity index (χ3v) is 6.36. The average molecular weight is 528 g/mol. The number of ether oxygens (including phenoxy) is 1. The van der Waals surface area contributed by atoms with E-state index < -0.39 is 29.6 Å². The van der Waals surface area contributed by atoms with Crippen LogP contribution in [0.1, 0.15) is 59.0 Å². The molecule has 37 heavy (non-hydrogen) atoms. The molecule has 1 aromatic heterocycles. The number of rotatable bonds is 11. The average Bonchev–Trinajstić information content (AvgIpc) is 3.25. The fourth-order valence-electron chi connectivity index (χ4n) is 3.64. The summed E-state index contributed by atoms with van der Waals surface area (Å²) in [6, 6.07) is 10.7. The van der Waals surface area contributed by atoms with Gasteiger partial charge >= 0.3 is 0 Å². The lowest BCUT2D eigenvalue weighted by Gasteiger charge is -2.31. The molecule has 2 aromatic carbocycles. The molecule has 3 amide bonds. The Morgan fingerprint density at radius 3 is 2.30 bits per heavy atom. The summed E-state index contributed by atoms with van der Waals surface area (Å²) in [5, 5.41) is 2.88. The number of halogens is 1. The van der Waals surface area contributed by atoms with Crippen LogP contribution >= 0.6 is 11.5 Å². The van der Waals surface area contributed by atoms with E-state index in [4.69, 9.17) is 16.2 Å². The quantitative estimate of drug-likeness (QED) is 0.345. The van der Waals surface area contributed by atoms with E-state index in [0.717, 1.165) is 6.42 Å². The van der Waals surface area contributed by atoms with Gasteiger partial charge in [-0.3, -0.25) is 19.3 Å². The van der Waals surface area contributed by atoms with Gasteiger partial charge in [-0.2, -0.15) is 4.37 Å². The third-order valence-electron chi connectivity index (χ3n) is 5.51. The Kier molecular flexibility index (Phi) is 9.18. The summed E-state index contributed by atoms with van der Waals surface area (Å²) in [5.74, 6) is -1.57. The second-order valence-electron chi connectivity index (χ2n) is 8.67. The molecular formula is C26H30FN5O4S. The van der Waals surface area contributed by atoms with Gasteiger partial charge in [0.05, 0.1) is 12.3 Å². The van der Waals surface area contributed by atoms with E-state index in [2.05, 4.69) is 9.69 Å². The first-order chi connectivity index (χ1) is 17.6. The number of nitrogen functional groups attached to an aromatic ring is 1. The Balaban J connectivity index is 2.15. The standard InChI is InChI=1S/C26H30FN5O4S/c1-4-36-19-11-9-18(10-12-19)32(26(35)23-20(28)21(24(29)33)31-37-23)22(16-5-7-17(27)8-6-16)25(34)30-14-13-15(2)3/h5-12,15,22H,4,13-14,28H2,1-3H3,(H2,29,33)(H,30,34)/t22-/m1/s1. The van der Waals surface area contributed by atoms with E-state index in [9.17, 15) is 18.8 Å². The van der Waals surface area contributed by atoms with Crippen molar-refractivity contribution in [1.29, 1.82) is 0 Å². The van der Waals surface area contributed by atoms with Crippen molar-refractivity contribution in [2.45, 2.75) is 33.2 Å². The van der Waals surface area contributed by atoms with E-state index in [-0.39, 0.29) is 16.3 Å². The van der Waals surface area contributed by atoms with Crippen LogP contribution in [0.15, 0.2) is 48.5 Å². The number of hydrogen-bond donors (Lipinski definition) is 3. The zero-order valence-electron chi connectivity index (χ0n) is 20.9. The van der Waals surface area contributed by atoms with Crippen molar-refractivity contribution < 1.29 is 23.5 Å². The second kappa shape index (κ2) is 12.3. The zero-order chi connectivity index (χ0) is 27.1. The van der Waals surface area contributed by atoms with Gasteiger partial charge in [-0.15, -0.1) is 0 Å². The normalized spacial score (nSPS) is 11.7. The minimum atomic E-state index is -1.18. The molecule has 196 valence electrons. The van der Waals surface area contributed by atoms with Gasteiger partial charge in [-0.1, -0.05) is 26.0 Å². The van der Waals surface area contributed by atoms with Gasteiger partial charge in [0.1, 0.15) is 22.5 Å². The van der Waals surface area contributed by atoms with E-state index >= 15 is 0 Å². The number of carbonyl (C=O) groups excluding carboxylic acids is 3. The molecule has 0 bridgehead atoms. The third kappa shape index (κ3) is 6.62. The van der Waals surface area contributed by atoms with Gasteiger partial charge in [0.15, 0.2) is 5.69 Å². The molecule has 9 nitrogen and oxygen atoms in total. The number of carbonyl (C=O) groups is 3. The van der Waals surface area contributed by atoms with Gasteiger partial charge in [0.2, 0.25) is 5.91 Å². The molecule has 0 aliphatic heterocycles. The number of anilines is 2. The van der Waals surface area contributed by atoms with Crippen LogP contribution < -0.4 is 26.4 Å². The van der Waals surface area contributed by atoms with Crippen molar-refractivity contribution in [2.24, 2.45) is 11.7 Å². The monoisotopic (exact) mass is 527 g/mol. The largest absolute Gasteiger partial charge is 0.494 e. The fourth-order valence-corrected chi connectivity index (χ4v) is 4.38. The molecule has 0 radical (unpaired) electrons. The molecule has 11 heteroatoms. The lowest BCUT2D eigenvalue weighted by molar-refractivity contribution is -0.122. The second-order valence-corrected chi connectivity index (χ2v) is 9.44. The summed E-state index contributed by atoms with van der Waals surface area (Å²) >= 11 is 0.712. The lowest BCUT2D eigenvalue weighted by Crippen LogP contribution is -2.44. The van der Waals surface area contributed by atoms with E-state index in [0.29, 0.717) is 47.6 Å². The molecule has 3 aromatic rings. The Hall–Kier alpha value is -3.99. The summed E-state index contributed by atoms with van der Waals surface area (Å²) in [5.41, 5.74) is 11.7. The Bertz CT molecular complexity index is 1240. The van der Waals surface area contributed by atoms with Gasteiger partial charge in [-0.25, -0.2) is 4.39 Å². The van der Waals surface area contributed by atoms with Crippen molar-refractivity contribution >= 4 is 40.6 Å². The maximum absolute atomic E-state index is 14.0. The molecule has 0 aliphatic carbocycles. The molecule has 0 saturated heterocycles. The number of benzene rings is 2. The van der Waals surface area contributed by atoms with E-state index in [1.165, 1.54) is 29.2 Å². The van der Waals surface area contributed by atoms with Crippen molar-refractivity contribution in [3.63, 3.8) is 0 Å². The highest BCUT2D eigenvalue weighted by atomic mass is 32.1. The van der Waals surface area contributed by atoms with Crippen LogP contribution in [-0.2, 0) is 4.79 Å². The number of aromatic nitrogens is 1. The van der Waals surface area contributed by atoms with Crippen molar-refractivity contribution in [3.05, 3.63) is 70.5 Å². The summed E-state index contributed by atoms with van der Waals surface area (Å²) in [4.78, 5) is 40.5. The molecule has 1 heterocycles. The highest BCUT2D eigenvalue weighted by molar-refractivity contribution is 7.09. The predicted molar refractivity (Wildman–Crippen MR) is 141 cm³/mol. The van der Waals surface area contributed by atoms with Crippen LogP contribution in [-0.4, -0.2) is 35.2 Å². The minimum Gasteiger partial charge on any atom is -0.494 e. The van der Waals surface area contributed by atoms with Crippen molar-refractivity contribution in [2.75, 3.05) is 23.8 Å². The molecule has 5 N–H and O–H groups in total. The highest BCUT2D eigenvalue weighted by Crippen LogP contribution is 2.34. The van der Waals surface area contributed by atoms with Gasteiger partial charge in [-0.05, 0) is 72.8 Å². The van der Waals surface area contributed by atoms with Crippen LogP contribution in [0.5, 0.6) is 5.75 Å². The van der Waals surface area contributed by atoms with Crippen LogP contribution in [0.25, 0.3) is 0 Å². The first-order valence-corrected chi connectivity index (χ1v) is 12.6. The Morgan fingerprint density at radius 2 is 1.76 bits per heavy atom. The van der Waals surface area contributed by atoms with Crippen LogP contribution in [0, 0.1) is 11.7 Å². The highest BCUT2D eigenvalue weighted by Gasteiger charge is 2.36.